The zero-order valence-electron chi connectivity index (χ0n) is 28.9. The van der Waals surface area contributed by atoms with Crippen LogP contribution in [-0.4, -0.2) is 78.4 Å². The van der Waals surface area contributed by atoms with Crippen molar-refractivity contribution in [2.24, 2.45) is 12.5 Å². The molecule has 262 valence electrons. The largest absolute Gasteiger partial charge is 0.392 e. The molecule has 0 spiro atoms. The van der Waals surface area contributed by atoms with E-state index < -0.39 is 0 Å². The zero-order valence-corrected chi connectivity index (χ0v) is 29.9. The number of piperazine rings is 1. The molecule has 3 aliphatic rings. The number of hydrogen-bond acceptors (Lipinski definition) is 9. The van der Waals surface area contributed by atoms with Gasteiger partial charge in [-0.3, -0.25) is 19.1 Å². The molecule has 2 fully saturated rings. The minimum Gasteiger partial charge on any atom is -0.392 e. The molecule has 5 aromatic rings. The first-order chi connectivity index (χ1) is 23.6. The number of aliphatic hydroxyl groups excluding tert-OH is 1. The lowest BCUT2D eigenvalue weighted by Gasteiger charge is -2.46. The summed E-state index contributed by atoms with van der Waals surface area (Å²) in [5, 5.41) is 13.9. The maximum absolute atomic E-state index is 13.8. The number of pyridine rings is 3. The van der Waals surface area contributed by atoms with Gasteiger partial charge >= 0.3 is 0 Å². The second-order valence-electron chi connectivity index (χ2n) is 14.5. The topological polar surface area (TPSA) is 122 Å². The number of nitrogens with zero attached hydrogens (tertiary/aromatic N) is 7. The standard InChI is InChI=1S/C37H42N8O4.H2S/c1-23-18-42(27-21-49-22-27)9-10-43(23)26-5-6-33(39-17-26)40-30-13-25(19-41(4)35(30)47)28-7-8-38-34(29(28)20-46)45-12-11-44-31(36(45)48)14-24-15-37(2,3)16-32(24)44;/h5-8,11-14,17,19,23,27,46H,9-10,15-16,18,20-22H2,1-4H3,(H,39,40);1H2/t23-;/m0./s1. The first-order valence-corrected chi connectivity index (χ1v) is 17.0. The molecule has 0 radical (unpaired) electrons. The van der Waals surface area contributed by atoms with Crippen molar-refractivity contribution in [2.75, 3.05) is 43.1 Å². The molecule has 2 saturated heterocycles. The SMILES string of the molecule is C[C@H]1CN(C2COC2)CCN1c1ccc(Nc2cc(-c3ccnc(-n4ccn5c6c(cc5c4=O)CC(C)(C)C6)c3CO)cn(C)c2=O)nc1.S. The van der Waals surface area contributed by atoms with Gasteiger partial charge in [0.25, 0.3) is 11.1 Å². The molecular weight excluding hydrogens is 653 g/mol. The quantitative estimate of drug-likeness (QED) is 0.263. The normalized spacial score (nSPS) is 18.9. The number of hydrogen-bond donors (Lipinski definition) is 2. The Morgan fingerprint density at radius 1 is 1.04 bits per heavy atom. The Morgan fingerprint density at radius 2 is 1.86 bits per heavy atom. The lowest BCUT2D eigenvalue weighted by molar-refractivity contribution is -0.0691. The van der Waals surface area contributed by atoms with Crippen molar-refractivity contribution in [3.8, 4) is 16.9 Å². The van der Waals surface area contributed by atoms with Gasteiger partial charge < -0.3 is 29.0 Å². The summed E-state index contributed by atoms with van der Waals surface area (Å²) in [6, 6.07) is 10.4. The molecule has 8 rings (SSSR count). The molecule has 5 aromatic heterocycles. The van der Waals surface area contributed by atoms with Gasteiger partial charge in [-0.25, -0.2) is 9.97 Å². The first kappa shape index (κ1) is 34.0. The molecule has 0 unspecified atom stereocenters. The van der Waals surface area contributed by atoms with Crippen LogP contribution < -0.4 is 21.3 Å². The summed E-state index contributed by atoms with van der Waals surface area (Å²) in [6.45, 7) is 10.9. The maximum atomic E-state index is 13.8. The fourth-order valence-electron chi connectivity index (χ4n) is 7.79. The predicted molar refractivity (Wildman–Crippen MR) is 199 cm³/mol. The number of nitrogens with one attached hydrogen (secondary N) is 1. The number of aromatic nitrogens is 5. The van der Waals surface area contributed by atoms with E-state index in [1.165, 1.54) is 20.4 Å². The average molecular weight is 697 g/mol. The lowest BCUT2D eigenvalue weighted by Crippen LogP contribution is -2.59. The number of aliphatic hydroxyl groups is 1. The van der Waals surface area contributed by atoms with Crippen LogP contribution in [0.2, 0.25) is 0 Å². The van der Waals surface area contributed by atoms with Gasteiger partial charge in [-0.2, -0.15) is 13.5 Å². The van der Waals surface area contributed by atoms with E-state index in [9.17, 15) is 14.7 Å². The van der Waals surface area contributed by atoms with Gasteiger partial charge in [0.1, 0.15) is 22.8 Å². The molecule has 0 amide bonds. The van der Waals surface area contributed by atoms with Crippen molar-refractivity contribution < 1.29 is 9.84 Å². The van der Waals surface area contributed by atoms with Crippen LogP contribution in [-0.2, 0) is 31.2 Å². The summed E-state index contributed by atoms with van der Waals surface area (Å²) in [5.41, 5.74) is 5.95. The summed E-state index contributed by atoms with van der Waals surface area (Å²) in [6.07, 6.45) is 10.7. The second-order valence-corrected chi connectivity index (χ2v) is 14.5. The van der Waals surface area contributed by atoms with E-state index in [1.807, 2.05) is 35.0 Å². The van der Waals surface area contributed by atoms with E-state index in [4.69, 9.17) is 4.74 Å². The highest BCUT2D eigenvalue weighted by molar-refractivity contribution is 7.59. The van der Waals surface area contributed by atoms with Crippen LogP contribution in [0.5, 0.6) is 0 Å². The first-order valence-electron chi connectivity index (χ1n) is 17.0. The molecule has 0 aromatic carbocycles. The molecule has 7 heterocycles. The van der Waals surface area contributed by atoms with E-state index in [0.29, 0.717) is 51.6 Å². The van der Waals surface area contributed by atoms with Crippen molar-refractivity contribution in [2.45, 2.75) is 52.3 Å². The number of fused-ring (bicyclic) bond motifs is 3. The summed E-state index contributed by atoms with van der Waals surface area (Å²) in [4.78, 5) is 41.2. The Bertz CT molecular complexity index is 2190. The Hall–Kier alpha value is -4.43. The van der Waals surface area contributed by atoms with Gasteiger partial charge in [-0.05, 0) is 66.6 Å². The van der Waals surface area contributed by atoms with Gasteiger partial charge in [0.15, 0.2) is 0 Å². The molecule has 0 saturated carbocycles. The van der Waals surface area contributed by atoms with E-state index in [1.54, 1.807) is 37.8 Å². The zero-order chi connectivity index (χ0) is 34.0. The predicted octanol–water partition coefficient (Wildman–Crippen LogP) is 3.63. The van der Waals surface area contributed by atoms with E-state index in [0.717, 1.165) is 51.4 Å². The smallest absolute Gasteiger partial charge is 0.280 e. The molecule has 1 atom stereocenters. The van der Waals surface area contributed by atoms with Gasteiger partial charge in [0, 0.05) is 74.3 Å². The van der Waals surface area contributed by atoms with Crippen LogP contribution in [0.1, 0.15) is 37.6 Å². The third-order valence-corrected chi connectivity index (χ3v) is 10.4. The average Bonchev–Trinajstić information content (AvgIpc) is 3.55. The van der Waals surface area contributed by atoms with Crippen LogP contribution in [0.3, 0.4) is 0 Å². The minimum absolute atomic E-state index is 0. The third kappa shape index (κ3) is 5.91. The van der Waals surface area contributed by atoms with Gasteiger partial charge in [-0.15, -0.1) is 0 Å². The van der Waals surface area contributed by atoms with Crippen molar-refractivity contribution in [3.63, 3.8) is 0 Å². The Balaban J connectivity index is 0.00000392. The van der Waals surface area contributed by atoms with E-state index in [-0.39, 0.29) is 36.6 Å². The lowest BCUT2D eigenvalue weighted by atomic mass is 9.90. The summed E-state index contributed by atoms with van der Waals surface area (Å²) in [7, 11) is 1.69. The second kappa shape index (κ2) is 13.0. The molecule has 1 aliphatic carbocycles. The Kier molecular flexibility index (Phi) is 8.87. The van der Waals surface area contributed by atoms with Crippen LogP contribution >= 0.6 is 13.5 Å². The summed E-state index contributed by atoms with van der Waals surface area (Å²) < 4.78 is 10.4. The fraction of sp³-hybridized carbons (Fsp3) is 0.405. The van der Waals surface area contributed by atoms with Crippen molar-refractivity contribution in [1.29, 1.82) is 0 Å². The van der Waals surface area contributed by atoms with Gasteiger partial charge in [-0.1, -0.05) is 13.8 Å². The van der Waals surface area contributed by atoms with E-state index in [2.05, 4.69) is 45.9 Å². The Labute approximate surface area is 297 Å². The van der Waals surface area contributed by atoms with Crippen molar-refractivity contribution >= 4 is 36.2 Å². The molecule has 12 nitrogen and oxygen atoms in total. The van der Waals surface area contributed by atoms with Crippen molar-refractivity contribution in [1.82, 2.24) is 28.4 Å². The highest BCUT2D eigenvalue weighted by Gasteiger charge is 2.33. The number of anilines is 3. The third-order valence-electron chi connectivity index (χ3n) is 10.4. The molecular formula is C37H44N8O4S. The van der Waals surface area contributed by atoms with Crippen molar-refractivity contribution in [3.05, 3.63) is 98.8 Å². The molecule has 0 bridgehead atoms. The highest BCUT2D eigenvalue weighted by Crippen LogP contribution is 2.37. The van der Waals surface area contributed by atoms with Crippen LogP contribution in [0.25, 0.3) is 22.5 Å². The van der Waals surface area contributed by atoms with Gasteiger partial charge in [0.2, 0.25) is 0 Å². The maximum Gasteiger partial charge on any atom is 0.280 e. The molecule has 13 heteroatoms. The summed E-state index contributed by atoms with van der Waals surface area (Å²) in [5.74, 6) is 0.905. The monoisotopic (exact) mass is 696 g/mol. The van der Waals surface area contributed by atoms with Crippen LogP contribution in [0.4, 0.5) is 17.2 Å². The van der Waals surface area contributed by atoms with E-state index >= 15 is 0 Å². The number of rotatable bonds is 7. The molecule has 2 N–H and O–H groups in total. The highest BCUT2D eigenvalue weighted by atomic mass is 32.1. The number of aryl methyl sites for hydroxylation is 1. The Morgan fingerprint density at radius 3 is 2.56 bits per heavy atom. The molecule has 50 heavy (non-hydrogen) atoms. The number of ether oxygens (including phenoxy) is 1. The summed E-state index contributed by atoms with van der Waals surface area (Å²) >= 11 is 0. The van der Waals surface area contributed by atoms with Crippen LogP contribution in [0.15, 0.2) is 70.9 Å². The van der Waals surface area contributed by atoms with Gasteiger partial charge in [0.05, 0.1) is 37.7 Å². The minimum atomic E-state index is -0.350. The van der Waals surface area contributed by atoms with Crippen LogP contribution in [0, 0.1) is 5.41 Å². The molecule has 2 aliphatic heterocycles. The fourth-order valence-corrected chi connectivity index (χ4v) is 7.79.